The fourth-order valence-corrected chi connectivity index (χ4v) is 8.31. The van der Waals surface area contributed by atoms with E-state index in [-0.39, 0.29) is 17.2 Å². The van der Waals surface area contributed by atoms with Crippen LogP contribution in [0.1, 0.15) is 54.9 Å². The molecule has 1 N–H and O–H groups in total. The molecular weight excluding hydrogens is 390 g/mol. The van der Waals surface area contributed by atoms with E-state index in [1.807, 2.05) is 39.8 Å². The number of benzene rings is 2. The molecule has 0 saturated heterocycles. The largest absolute Gasteiger partial charge is 0.444 e. The van der Waals surface area contributed by atoms with Gasteiger partial charge in [-0.3, -0.25) is 0 Å². The Kier molecular flexibility index (Phi) is 7.89. The molecule has 1 atom stereocenters. The molecule has 164 valence electrons. The average molecular weight is 428 g/mol. The van der Waals surface area contributed by atoms with E-state index in [0.717, 1.165) is 0 Å². The fraction of sp³-hybridized carbons (Fsp3) is 0.480. The molecule has 30 heavy (non-hydrogen) atoms. The van der Waals surface area contributed by atoms with Crippen LogP contribution in [0.4, 0.5) is 4.79 Å². The standard InChI is InChI=1S/C25H37NO3Si/c1-20(26-23(27)29-24(2,3)4)18-19-28-30(25(5,6)7,21-14-10-8-11-15-21)22-16-12-9-13-17-22/h8-17,20H,18-19H2,1-7H3,(H,26,27)/t20-/m0/s1. The van der Waals surface area contributed by atoms with Gasteiger partial charge in [-0.25, -0.2) is 4.79 Å². The summed E-state index contributed by atoms with van der Waals surface area (Å²) in [5, 5.41) is 5.38. The molecule has 2 aromatic carbocycles. The molecule has 1 amide bonds. The zero-order chi connectivity index (χ0) is 22.4. The summed E-state index contributed by atoms with van der Waals surface area (Å²) in [5.74, 6) is 0. The number of hydrogen-bond donors (Lipinski definition) is 1. The molecule has 0 saturated carbocycles. The minimum absolute atomic E-state index is 0.0435. The minimum Gasteiger partial charge on any atom is -0.444 e. The third-order valence-corrected chi connectivity index (χ3v) is 10.1. The van der Waals surface area contributed by atoms with Crippen molar-refractivity contribution in [2.45, 2.75) is 71.6 Å². The number of alkyl carbamates (subject to hydrolysis) is 1. The Morgan fingerprint density at radius 2 is 1.37 bits per heavy atom. The highest BCUT2D eigenvalue weighted by Crippen LogP contribution is 2.36. The van der Waals surface area contributed by atoms with E-state index in [9.17, 15) is 4.79 Å². The lowest BCUT2D eigenvalue weighted by Crippen LogP contribution is -2.66. The lowest BCUT2D eigenvalue weighted by Gasteiger charge is -2.43. The van der Waals surface area contributed by atoms with E-state index in [0.29, 0.717) is 13.0 Å². The lowest BCUT2D eigenvalue weighted by molar-refractivity contribution is 0.0503. The highest BCUT2D eigenvalue weighted by molar-refractivity contribution is 6.99. The second-order valence-electron chi connectivity index (χ2n) is 9.85. The van der Waals surface area contributed by atoms with Crippen LogP contribution < -0.4 is 15.7 Å². The quantitative estimate of drug-likeness (QED) is 0.642. The maximum absolute atomic E-state index is 12.1. The SMILES string of the molecule is C[C@@H](CCO[Si](c1ccccc1)(c1ccccc1)C(C)(C)C)NC(=O)OC(C)(C)C. The first-order valence-electron chi connectivity index (χ1n) is 10.7. The second-order valence-corrected chi connectivity index (χ2v) is 14.2. The smallest absolute Gasteiger partial charge is 0.407 e. The van der Waals surface area contributed by atoms with E-state index < -0.39 is 13.9 Å². The molecule has 2 aromatic rings. The van der Waals surface area contributed by atoms with Crippen molar-refractivity contribution in [2.24, 2.45) is 0 Å². The van der Waals surface area contributed by atoms with E-state index in [1.165, 1.54) is 10.4 Å². The zero-order valence-electron chi connectivity index (χ0n) is 19.5. The lowest BCUT2D eigenvalue weighted by atomic mass is 10.2. The normalized spacial score (nSPS) is 13.6. The van der Waals surface area contributed by atoms with Crippen molar-refractivity contribution in [2.75, 3.05) is 6.61 Å². The summed E-state index contributed by atoms with van der Waals surface area (Å²) in [5.41, 5.74) is -0.505. The molecule has 2 rings (SSSR count). The van der Waals surface area contributed by atoms with Crippen LogP contribution in [0.2, 0.25) is 5.04 Å². The van der Waals surface area contributed by atoms with E-state index in [4.69, 9.17) is 9.16 Å². The van der Waals surface area contributed by atoms with Crippen LogP contribution in [-0.4, -0.2) is 32.7 Å². The number of hydrogen-bond acceptors (Lipinski definition) is 3. The van der Waals surface area contributed by atoms with Crippen LogP contribution >= 0.6 is 0 Å². The van der Waals surface area contributed by atoms with Crippen molar-refractivity contribution in [1.29, 1.82) is 0 Å². The molecular formula is C25H37NO3Si. The van der Waals surface area contributed by atoms with E-state index in [2.05, 4.69) is 74.6 Å². The predicted molar refractivity (Wildman–Crippen MR) is 127 cm³/mol. The summed E-state index contributed by atoms with van der Waals surface area (Å²) in [7, 11) is -2.54. The van der Waals surface area contributed by atoms with Gasteiger partial charge in [-0.1, -0.05) is 81.4 Å². The molecule has 4 nitrogen and oxygen atoms in total. The first kappa shape index (κ1) is 24.2. The van der Waals surface area contributed by atoms with Crippen LogP contribution in [0.5, 0.6) is 0 Å². The molecule has 0 aliphatic rings. The third-order valence-electron chi connectivity index (χ3n) is 5.05. The Morgan fingerprint density at radius 3 is 1.77 bits per heavy atom. The molecule has 0 aliphatic heterocycles. The summed E-state index contributed by atoms with van der Waals surface area (Å²) in [6.07, 6.45) is 0.324. The Labute approximate surface area is 183 Å². The molecule has 0 aromatic heterocycles. The van der Waals surface area contributed by atoms with Crippen LogP contribution in [0.15, 0.2) is 60.7 Å². The predicted octanol–water partition coefficient (Wildman–Crippen LogP) is 4.87. The van der Waals surface area contributed by atoms with Crippen LogP contribution in [0.25, 0.3) is 0 Å². The number of nitrogens with one attached hydrogen (secondary N) is 1. The molecule has 5 heteroatoms. The Balaban J connectivity index is 2.22. The van der Waals surface area contributed by atoms with Gasteiger partial charge in [0.25, 0.3) is 8.32 Å². The van der Waals surface area contributed by atoms with Gasteiger partial charge in [-0.05, 0) is 49.5 Å². The minimum atomic E-state index is -2.54. The summed E-state index contributed by atoms with van der Waals surface area (Å²) in [4.78, 5) is 12.1. The molecule has 0 fully saturated rings. The van der Waals surface area contributed by atoms with Crippen LogP contribution in [0, 0.1) is 0 Å². The van der Waals surface area contributed by atoms with Gasteiger partial charge in [-0.2, -0.15) is 0 Å². The van der Waals surface area contributed by atoms with Gasteiger partial charge in [0, 0.05) is 12.6 Å². The molecule has 0 radical (unpaired) electrons. The number of carbonyl (C=O) groups excluding carboxylic acids is 1. The van der Waals surface area contributed by atoms with Crippen molar-refractivity contribution < 1.29 is 14.0 Å². The van der Waals surface area contributed by atoms with E-state index >= 15 is 0 Å². The molecule has 0 heterocycles. The Hall–Kier alpha value is -2.11. The average Bonchev–Trinajstić information content (AvgIpc) is 2.64. The van der Waals surface area contributed by atoms with Gasteiger partial charge >= 0.3 is 6.09 Å². The topological polar surface area (TPSA) is 47.6 Å². The molecule has 0 unspecified atom stereocenters. The highest BCUT2D eigenvalue weighted by atomic mass is 28.4. The van der Waals surface area contributed by atoms with Gasteiger partial charge in [0.2, 0.25) is 0 Å². The van der Waals surface area contributed by atoms with Crippen molar-refractivity contribution in [3.63, 3.8) is 0 Å². The third kappa shape index (κ3) is 6.19. The highest BCUT2D eigenvalue weighted by Gasteiger charge is 2.50. The van der Waals surface area contributed by atoms with Crippen molar-refractivity contribution in [3.8, 4) is 0 Å². The first-order chi connectivity index (χ1) is 14.0. The summed E-state index contributed by atoms with van der Waals surface area (Å²) in [6.45, 7) is 14.9. The van der Waals surface area contributed by atoms with Gasteiger partial charge in [-0.15, -0.1) is 0 Å². The fourth-order valence-electron chi connectivity index (χ4n) is 3.73. The number of ether oxygens (including phenoxy) is 1. The maximum atomic E-state index is 12.1. The van der Waals surface area contributed by atoms with Gasteiger partial charge in [0.05, 0.1) is 0 Å². The number of carbonyl (C=O) groups is 1. The molecule has 0 spiro atoms. The Bertz CT molecular complexity index is 755. The second kappa shape index (κ2) is 9.80. The van der Waals surface area contributed by atoms with E-state index in [1.54, 1.807) is 0 Å². The summed E-state index contributed by atoms with van der Waals surface area (Å²) in [6, 6.07) is 21.1. The maximum Gasteiger partial charge on any atom is 0.407 e. The molecule has 0 bridgehead atoms. The van der Waals surface area contributed by atoms with Gasteiger partial charge in [0.15, 0.2) is 0 Å². The van der Waals surface area contributed by atoms with Gasteiger partial charge < -0.3 is 14.5 Å². The van der Waals surface area contributed by atoms with Crippen molar-refractivity contribution in [3.05, 3.63) is 60.7 Å². The van der Waals surface area contributed by atoms with Gasteiger partial charge in [0.1, 0.15) is 5.60 Å². The number of amides is 1. The van der Waals surface area contributed by atoms with Crippen molar-refractivity contribution >= 4 is 24.8 Å². The van der Waals surface area contributed by atoms with Crippen LogP contribution in [-0.2, 0) is 9.16 Å². The Morgan fingerprint density at radius 1 is 0.900 bits per heavy atom. The number of rotatable bonds is 7. The summed E-state index contributed by atoms with van der Waals surface area (Å²) < 4.78 is 12.2. The molecule has 0 aliphatic carbocycles. The monoisotopic (exact) mass is 427 g/mol. The first-order valence-corrected chi connectivity index (χ1v) is 12.6. The summed E-state index contributed by atoms with van der Waals surface area (Å²) >= 11 is 0. The van der Waals surface area contributed by atoms with Crippen LogP contribution in [0.3, 0.4) is 0 Å². The van der Waals surface area contributed by atoms with Crippen molar-refractivity contribution in [1.82, 2.24) is 5.32 Å². The zero-order valence-corrected chi connectivity index (χ0v) is 20.5.